The zero-order valence-electron chi connectivity index (χ0n) is 8.23. The average Bonchev–Trinajstić information content (AvgIpc) is 2.57. The van der Waals surface area contributed by atoms with E-state index in [1.54, 1.807) is 12.3 Å². The van der Waals surface area contributed by atoms with E-state index in [0.29, 0.717) is 16.3 Å². The SMILES string of the molecule is Cc1nc2scc(CC(=O)O)n2c(=O)c1Cl. The summed E-state index contributed by atoms with van der Waals surface area (Å²) in [5, 5.41) is 10.3. The van der Waals surface area contributed by atoms with Crippen molar-refractivity contribution in [3.05, 3.63) is 32.1 Å². The maximum absolute atomic E-state index is 11.8. The zero-order valence-corrected chi connectivity index (χ0v) is 9.80. The molecular weight excluding hydrogens is 252 g/mol. The Morgan fingerprint density at radius 2 is 2.38 bits per heavy atom. The number of rotatable bonds is 2. The predicted molar refractivity (Wildman–Crippen MR) is 60.4 cm³/mol. The highest BCUT2D eigenvalue weighted by molar-refractivity contribution is 7.15. The number of carboxylic acids is 1. The van der Waals surface area contributed by atoms with Gasteiger partial charge in [0.05, 0.1) is 12.1 Å². The van der Waals surface area contributed by atoms with Crippen molar-refractivity contribution in [3.63, 3.8) is 0 Å². The van der Waals surface area contributed by atoms with Gasteiger partial charge in [-0.05, 0) is 6.92 Å². The first-order chi connectivity index (χ1) is 7.50. The van der Waals surface area contributed by atoms with Crippen molar-refractivity contribution in [1.82, 2.24) is 9.38 Å². The van der Waals surface area contributed by atoms with Crippen LogP contribution in [0, 0.1) is 6.92 Å². The molecule has 0 aliphatic rings. The summed E-state index contributed by atoms with van der Waals surface area (Å²) in [5.74, 6) is -0.997. The van der Waals surface area contributed by atoms with Gasteiger partial charge >= 0.3 is 5.97 Å². The third-order valence-corrected chi connectivity index (χ3v) is 3.39. The molecule has 2 aromatic rings. The van der Waals surface area contributed by atoms with E-state index in [9.17, 15) is 9.59 Å². The first-order valence-electron chi connectivity index (χ1n) is 4.37. The fraction of sp³-hybridized carbons (Fsp3) is 0.222. The Kier molecular flexibility index (Phi) is 2.69. The molecule has 16 heavy (non-hydrogen) atoms. The fourth-order valence-electron chi connectivity index (χ4n) is 1.36. The van der Waals surface area contributed by atoms with Crippen LogP contribution in [0.3, 0.4) is 0 Å². The summed E-state index contributed by atoms with van der Waals surface area (Å²) in [6.45, 7) is 1.64. The van der Waals surface area contributed by atoms with Gasteiger partial charge in [-0.25, -0.2) is 4.98 Å². The van der Waals surface area contributed by atoms with Gasteiger partial charge in [-0.2, -0.15) is 0 Å². The maximum Gasteiger partial charge on any atom is 0.309 e. The van der Waals surface area contributed by atoms with Crippen LogP contribution in [0.4, 0.5) is 0 Å². The molecule has 0 radical (unpaired) electrons. The molecule has 84 valence electrons. The van der Waals surface area contributed by atoms with Gasteiger partial charge in [0.2, 0.25) is 0 Å². The molecule has 2 heterocycles. The van der Waals surface area contributed by atoms with Gasteiger partial charge in [-0.1, -0.05) is 11.6 Å². The zero-order chi connectivity index (χ0) is 11.9. The van der Waals surface area contributed by atoms with Gasteiger partial charge in [0.15, 0.2) is 4.96 Å². The third kappa shape index (κ3) is 1.70. The molecule has 2 rings (SSSR count). The van der Waals surface area contributed by atoms with Gasteiger partial charge in [-0.3, -0.25) is 14.0 Å². The van der Waals surface area contributed by atoms with Crippen LogP contribution in [0.15, 0.2) is 10.2 Å². The lowest BCUT2D eigenvalue weighted by Crippen LogP contribution is -2.19. The van der Waals surface area contributed by atoms with Gasteiger partial charge in [0, 0.05) is 11.1 Å². The number of thiazole rings is 1. The second kappa shape index (κ2) is 3.88. The Hall–Kier alpha value is -1.40. The minimum Gasteiger partial charge on any atom is -0.481 e. The van der Waals surface area contributed by atoms with Crippen molar-refractivity contribution >= 4 is 33.9 Å². The molecule has 0 spiro atoms. The molecule has 2 aromatic heterocycles. The number of aromatic nitrogens is 2. The van der Waals surface area contributed by atoms with E-state index in [0.717, 1.165) is 0 Å². The normalized spacial score (nSPS) is 10.9. The van der Waals surface area contributed by atoms with Crippen molar-refractivity contribution < 1.29 is 9.90 Å². The molecule has 1 N–H and O–H groups in total. The molecule has 0 bridgehead atoms. The Morgan fingerprint density at radius 3 is 3.00 bits per heavy atom. The molecule has 0 aliphatic carbocycles. The van der Waals surface area contributed by atoms with Gasteiger partial charge in [0.25, 0.3) is 5.56 Å². The lowest BCUT2D eigenvalue weighted by Gasteiger charge is -2.00. The Morgan fingerprint density at radius 1 is 1.69 bits per heavy atom. The first-order valence-corrected chi connectivity index (χ1v) is 5.63. The van der Waals surface area contributed by atoms with Gasteiger partial charge in [0.1, 0.15) is 5.02 Å². The molecule has 0 saturated carbocycles. The quantitative estimate of drug-likeness (QED) is 0.883. The second-order valence-electron chi connectivity index (χ2n) is 3.23. The lowest BCUT2D eigenvalue weighted by atomic mass is 10.3. The molecule has 0 amide bonds. The molecule has 0 atom stereocenters. The Bertz CT molecular complexity index is 631. The number of hydrogen-bond acceptors (Lipinski definition) is 4. The van der Waals surface area contributed by atoms with E-state index >= 15 is 0 Å². The number of nitrogens with zero attached hydrogens (tertiary/aromatic N) is 2. The topological polar surface area (TPSA) is 71.7 Å². The van der Waals surface area contributed by atoms with Gasteiger partial charge in [-0.15, -0.1) is 11.3 Å². The van der Waals surface area contributed by atoms with Crippen molar-refractivity contribution in [2.75, 3.05) is 0 Å². The monoisotopic (exact) mass is 258 g/mol. The minimum atomic E-state index is -0.997. The summed E-state index contributed by atoms with van der Waals surface area (Å²) in [6, 6.07) is 0. The van der Waals surface area contributed by atoms with Crippen LogP contribution < -0.4 is 5.56 Å². The second-order valence-corrected chi connectivity index (χ2v) is 4.45. The molecule has 0 unspecified atom stereocenters. The predicted octanol–water partition coefficient (Wildman–Crippen LogP) is 1.34. The number of carbonyl (C=O) groups is 1. The van der Waals surface area contributed by atoms with Crippen LogP contribution >= 0.6 is 22.9 Å². The Balaban J connectivity index is 2.76. The molecule has 0 aromatic carbocycles. The third-order valence-electron chi connectivity index (χ3n) is 2.08. The van der Waals surface area contributed by atoms with Gasteiger partial charge < -0.3 is 5.11 Å². The summed E-state index contributed by atoms with van der Waals surface area (Å²) in [7, 11) is 0. The number of aryl methyl sites for hydroxylation is 1. The number of hydrogen-bond donors (Lipinski definition) is 1. The largest absolute Gasteiger partial charge is 0.481 e. The van der Waals surface area contributed by atoms with E-state index in [-0.39, 0.29) is 11.4 Å². The molecule has 0 saturated heterocycles. The van der Waals surface area contributed by atoms with Crippen molar-refractivity contribution in [3.8, 4) is 0 Å². The van der Waals surface area contributed by atoms with E-state index in [1.807, 2.05) is 0 Å². The van der Waals surface area contributed by atoms with Crippen molar-refractivity contribution in [2.24, 2.45) is 0 Å². The van der Waals surface area contributed by atoms with Crippen LogP contribution in [-0.4, -0.2) is 20.5 Å². The average molecular weight is 259 g/mol. The maximum atomic E-state index is 11.8. The van der Waals surface area contributed by atoms with Crippen LogP contribution in [0.5, 0.6) is 0 Å². The molecule has 7 heteroatoms. The molecule has 5 nitrogen and oxygen atoms in total. The minimum absolute atomic E-state index is 0.0301. The number of fused-ring (bicyclic) bond motifs is 1. The fourth-order valence-corrected chi connectivity index (χ4v) is 2.42. The standard InChI is InChI=1S/C9H7ClN2O3S/c1-4-7(10)8(15)12-5(2-6(13)14)3-16-9(12)11-4/h3H,2H2,1H3,(H,13,14). The highest BCUT2D eigenvalue weighted by Crippen LogP contribution is 2.16. The van der Waals surface area contributed by atoms with E-state index in [1.165, 1.54) is 15.7 Å². The number of carboxylic acid groups (broad SMARTS) is 1. The van der Waals surface area contributed by atoms with E-state index in [2.05, 4.69) is 4.98 Å². The molecule has 0 aliphatic heterocycles. The molecular formula is C9H7ClN2O3S. The van der Waals surface area contributed by atoms with Crippen LogP contribution in [0.2, 0.25) is 5.02 Å². The van der Waals surface area contributed by atoms with Crippen LogP contribution in [0.25, 0.3) is 4.96 Å². The number of aliphatic carboxylic acids is 1. The smallest absolute Gasteiger partial charge is 0.309 e. The van der Waals surface area contributed by atoms with E-state index < -0.39 is 11.5 Å². The van der Waals surface area contributed by atoms with Crippen LogP contribution in [-0.2, 0) is 11.2 Å². The van der Waals surface area contributed by atoms with E-state index in [4.69, 9.17) is 16.7 Å². The summed E-state index contributed by atoms with van der Waals surface area (Å²) in [6.07, 6.45) is -0.221. The highest BCUT2D eigenvalue weighted by Gasteiger charge is 2.14. The highest BCUT2D eigenvalue weighted by atomic mass is 35.5. The summed E-state index contributed by atoms with van der Waals surface area (Å²) >= 11 is 7.01. The first kappa shape index (κ1) is 11.1. The Labute approximate surface area is 98.9 Å². The molecule has 0 fully saturated rings. The van der Waals surface area contributed by atoms with Crippen LogP contribution in [0.1, 0.15) is 11.4 Å². The number of halogens is 1. The van der Waals surface area contributed by atoms with Crippen molar-refractivity contribution in [1.29, 1.82) is 0 Å². The summed E-state index contributed by atoms with van der Waals surface area (Å²) in [5.41, 5.74) is 0.434. The summed E-state index contributed by atoms with van der Waals surface area (Å²) < 4.78 is 1.24. The van der Waals surface area contributed by atoms with Crippen molar-refractivity contribution in [2.45, 2.75) is 13.3 Å². The lowest BCUT2D eigenvalue weighted by molar-refractivity contribution is -0.136. The summed E-state index contributed by atoms with van der Waals surface area (Å²) in [4.78, 5) is 27.0.